The van der Waals surface area contributed by atoms with Crippen LogP contribution in [0.5, 0.6) is 0 Å². The zero-order valence-electron chi connectivity index (χ0n) is 14.5. The van der Waals surface area contributed by atoms with Gasteiger partial charge in [-0.15, -0.1) is 0 Å². The molecule has 2 aliphatic rings. The van der Waals surface area contributed by atoms with Crippen LogP contribution in [0.25, 0.3) is 0 Å². The molecule has 136 valence electrons. The van der Waals surface area contributed by atoms with Crippen LogP contribution in [-0.2, 0) is 19.1 Å². The predicted octanol–water partition coefficient (Wildman–Crippen LogP) is 1.21. The summed E-state index contributed by atoms with van der Waals surface area (Å²) in [6.07, 6.45) is 3.85. The van der Waals surface area contributed by atoms with Gasteiger partial charge >= 0.3 is 5.97 Å². The maximum atomic E-state index is 12.9. The Balaban J connectivity index is 2.09. The normalized spacial score (nSPS) is 31.5. The maximum absolute atomic E-state index is 12.9. The Bertz CT molecular complexity index is 677. The van der Waals surface area contributed by atoms with Crippen molar-refractivity contribution >= 4 is 29.5 Å². The number of amides is 2. The van der Waals surface area contributed by atoms with Crippen LogP contribution in [0.3, 0.4) is 0 Å². The summed E-state index contributed by atoms with van der Waals surface area (Å²) in [5.74, 6) is -1.37. The minimum absolute atomic E-state index is 0.211. The largest absolute Gasteiger partial charge is 0.468 e. The number of rotatable bonds is 6. The number of hydrogen-bond donors (Lipinski definition) is 1. The monoisotopic (exact) mass is 366 g/mol. The highest BCUT2D eigenvalue weighted by Crippen LogP contribution is 2.50. The van der Waals surface area contributed by atoms with Crippen LogP contribution in [0.15, 0.2) is 22.8 Å². The van der Waals surface area contributed by atoms with Crippen LogP contribution in [-0.4, -0.2) is 53.9 Å². The molecule has 1 aromatic heterocycles. The zero-order chi connectivity index (χ0) is 18.2. The van der Waals surface area contributed by atoms with Gasteiger partial charge in [-0.3, -0.25) is 24.6 Å². The van der Waals surface area contributed by atoms with Crippen molar-refractivity contribution in [3.8, 4) is 0 Å². The van der Waals surface area contributed by atoms with Gasteiger partial charge in [-0.25, -0.2) is 0 Å². The summed E-state index contributed by atoms with van der Waals surface area (Å²) >= 11 is 1.58. The molecule has 1 aromatic rings. The standard InChI is InChI=1S/C17H22N2O5S/c1-4-23-16(22)17(7-9-25-3)12-11(14(20)19(2)15(12)21)13(18-17)10-6-5-8-24-10/h5-6,8,11-13,18H,4,7,9H2,1-3H3/t11-,12-,13-,17+/m0/s1. The van der Waals surface area contributed by atoms with E-state index in [2.05, 4.69) is 5.32 Å². The highest BCUT2D eigenvalue weighted by molar-refractivity contribution is 7.98. The number of carbonyl (C=O) groups is 3. The lowest BCUT2D eigenvalue weighted by molar-refractivity contribution is -0.156. The van der Waals surface area contributed by atoms with E-state index in [0.717, 1.165) is 4.90 Å². The smallest absolute Gasteiger partial charge is 0.327 e. The zero-order valence-corrected chi connectivity index (χ0v) is 15.3. The lowest BCUT2D eigenvalue weighted by Gasteiger charge is -2.32. The molecule has 2 saturated heterocycles. The summed E-state index contributed by atoms with van der Waals surface area (Å²) in [5, 5.41) is 3.26. The Hall–Kier alpha value is -1.80. The average Bonchev–Trinajstić information content (AvgIpc) is 3.28. The van der Waals surface area contributed by atoms with Gasteiger partial charge in [0.1, 0.15) is 11.3 Å². The third-order valence-corrected chi connectivity index (χ3v) is 5.68. The molecular formula is C17H22N2O5S. The van der Waals surface area contributed by atoms with Gasteiger partial charge in [0.05, 0.1) is 30.7 Å². The lowest BCUT2D eigenvalue weighted by Crippen LogP contribution is -2.56. The molecule has 0 bridgehead atoms. The molecule has 0 aliphatic carbocycles. The van der Waals surface area contributed by atoms with Crippen LogP contribution in [0.2, 0.25) is 0 Å². The summed E-state index contributed by atoms with van der Waals surface area (Å²) in [6, 6.07) is 2.94. The van der Waals surface area contributed by atoms with Gasteiger partial charge in [-0.1, -0.05) is 0 Å². The van der Waals surface area contributed by atoms with Crippen molar-refractivity contribution in [2.24, 2.45) is 11.8 Å². The number of ether oxygens (including phenoxy) is 1. The number of furan rings is 1. The number of carbonyl (C=O) groups excluding carboxylic acids is 3. The summed E-state index contributed by atoms with van der Waals surface area (Å²) in [6.45, 7) is 1.94. The van der Waals surface area contributed by atoms with Gasteiger partial charge in [-0.2, -0.15) is 11.8 Å². The average molecular weight is 366 g/mol. The van der Waals surface area contributed by atoms with Gasteiger partial charge in [0.15, 0.2) is 0 Å². The second-order valence-electron chi connectivity index (χ2n) is 6.31. The highest BCUT2D eigenvalue weighted by atomic mass is 32.2. The van der Waals surface area contributed by atoms with E-state index < -0.39 is 29.4 Å². The molecule has 0 saturated carbocycles. The SMILES string of the molecule is CCOC(=O)[C@]1(CCSC)N[C@@H](c2ccco2)[C@H]2C(=O)N(C)C(=O)[C@H]21. The molecule has 2 amide bonds. The van der Waals surface area contributed by atoms with Gasteiger partial charge < -0.3 is 9.15 Å². The number of nitrogens with zero attached hydrogens (tertiary/aromatic N) is 1. The molecule has 25 heavy (non-hydrogen) atoms. The summed E-state index contributed by atoms with van der Waals surface area (Å²) in [5.41, 5.74) is -1.22. The van der Waals surface area contributed by atoms with Gasteiger partial charge in [0, 0.05) is 7.05 Å². The van der Waals surface area contributed by atoms with Gasteiger partial charge in [-0.05, 0) is 37.5 Å². The first-order valence-corrected chi connectivity index (χ1v) is 9.66. The van der Waals surface area contributed by atoms with Crippen LogP contribution in [0, 0.1) is 11.8 Å². The summed E-state index contributed by atoms with van der Waals surface area (Å²) < 4.78 is 10.8. The molecule has 4 atom stereocenters. The number of esters is 1. The topological polar surface area (TPSA) is 88.8 Å². The highest BCUT2D eigenvalue weighted by Gasteiger charge is 2.68. The number of hydrogen-bond acceptors (Lipinski definition) is 7. The molecule has 0 aromatic carbocycles. The Morgan fingerprint density at radius 2 is 2.20 bits per heavy atom. The number of thioether (sulfide) groups is 1. The Kier molecular flexibility index (Phi) is 4.92. The van der Waals surface area contributed by atoms with E-state index in [1.54, 1.807) is 30.8 Å². The Morgan fingerprint density at radius 1 is 1.44 bits per heavy atom. The summed E-state index contributed by atoms with van der Waals surface area (Å²) in [7, 11) is 1.46. The molecule has 0 spiro atoms. The molecule has 2 fully saturated rings. The van der Waals surface area contributed by atoms with Crippen molar-refractivity contribution in [3.05, 3.63) is 24.2 Å². The van der Waals surface area contributed by atoms with Crippen molar-refractivity contribution in [2.75, 3.05) is 25.7 Å². The fraction of sp³-hybridized carbons (Fsp3) is 0.588. The van der Waals surface area contributed by atoms with Crippen LogP contribution < -0.4 is 5.32 Å². The van der Waals surface area contributed by atoms with Gasteiger partial charge in [0.25, 0.3) is 0 Å². The number of imide groups is 1. The molecule has 8 heteroatoms. The van der Waals surface area contributed by atoms with Crippen LogP contribution in [0.4, 0.5) is 0 Å². The first-order valence-electron chi connectivity index (χ1n) is 8.26. The van der Waals surface area contributed by atoms with Crippen molar-refractivity contribution < 1.29 is 23.5 Å². The molecule has 3 heterocycles. The minimum atomic E-state index is -1.22. The second-order valence-corrected chi connectivity index (χ2v) is 7.30. The van der Waals surface area contributed by atoms with Crippen LogP contribution in [0.1, 0.15) is 25.1 Å². The van der Waals surface area contributed by atoms with Gasteiger partial charge in [0.2, 0.25) is 11.8 Å². The van der Waals surface area contributed by atoms with Crippen molar-refractivity contribution in [2.45, 2.75) is 24.9 Å². The first kappa shape index (κ1) is 18.0. The Labute approximate surface area is 150 Å². The van der Waals surface area contributed by atoms with E-state index in [0.29, 0.717) is 17.9 Å². The molecule has 2 aliphatic heterocycles. The third kappa shape index (κ3) is 2.67. The van der Waals surface area contributed by atoms with Crippen LogP contribution >= 0.6 is 11.8 Å². The van der Waals surface area contributed by atoms with Crippen molar-refractivity contribution in [1.29, 1.82) is 0 Å². The van der Waals surface area contributed by atoms with Crippen molar-refractivity contribution in [3.63, 3.8) is 0 Å². The van der Waals surface area contributed by atoms with E-state index >= 15 is 0 Å². The quantitative estimate of drug-likeness (QED) is 0.598. The third-order valence-electron chi connectivity index (χ3n) is 5.06. The molecule has 0 unspecified atom stereocenters. The maximum Gasteiger partial charge on any atom is 0.327 e. The first-order chi connectivity index (χ1) is 12.0. The molecule has 3 rings (SSSR count). The van der Waals surface area contributed by atoms with E-state index in [1.165, 1.54) is 13.3 Å². The van der Waals surface area contributed by atoms with E-state index in [-0.39, 0.29) is 18.4 Å². The molecule has 1 N–H and O–H groups in total. The fourth-order valence-corrected chi connectivity index (χ4v) is 4.43. The number of fused-ring (bicyclic) bond motifs is 1. The van der Waals surface area contributed by atoms with E-state index in [9.17, 15) is 14.4 Å². The Morgan fingerprint density at radius 3 is 2.80 bits per heavy atom. The number of nitrogens with one attached hydrogen (secondary N) is 1. The number of likely N-dealkylation sites (tertiary alicyclic amines) is 1. The molecule has 7 nitrogen and oxygen atoms in total. The molecular weight excluding hydrogens is 344 g/mol. The molecule has 0 radical (unpaired) electrons. The lowest BCUT2D eigenvalue weighted by atomic mass is 9.78. The predicted molar refractivity (Wildman–Crippen MR) is 91.7 cm³/mol. The van der Waals surface area contributed by atoms with E-state index in [4.69, 9.17) is 9.15 Å². The van der Waals surface area contributed by atoms with Crippen molar-refractivity contribution in [1.82, 2.24) is 10.2 Å². The fourth-order valence-electron chi connectivity index (χ4n) is 3.90. The summed E-state index contributed by atoms with van der Waals surface area (Å²) in [4.78, 5) is 39.5. The minimum Gasteiger partial charge on any atom is -0.468 e. The second kappa shape index (κ2) is 6.84. The van der Waals surface area contributed by atoms with E-state index in [1.807, 2.05) is 6.26 Å².